The van der Waals surface area contributed by atoms with E-state index in [1.807, 2.05) is 6.92 Å². The van der Waals surface area contributed by atoms with Crippen LogP contribution in [0.25, 0.3) is 0 Å². The van der Waals surface area contributed by atoms with Crippen molar-refractivity contribution in [3.05, 3.63) is 0 Å². The summed E-state index contributed by atoms with van der Waals surface area (Å²) in [5.41, 5.74) is 0. The lowest BCUT2D eigenvalue weighted by Crippen LogP contribution is -2.17. The minimum absolute atomic E-state index is 0.267. The predicted molar refractivity (Wildman–Crippen MR) is 73.5 cm³/mol. The van der Waals surface area contributed by atoms with E-state index >= 15 is 0 Å². The first-order valence-corrected chi connectivity index (χ1v) is 7.46. The molecule has 0 aliphatic carbocycles. The summed E-state index contributed by atoms with van der Waals surface area (Å²) in [6.45, 7) is 4.64. The van der Waals surface area contributed by atoms with Crippen molar-refractivity contribution < 1.29 is 9.53 Å². The van der Waals surface area contributed by atoms with Crippen LogP contribution in [0.2, 0.25) is 0 Å². The summed E-state index contributed by atoms with van der Waals surface area (Å²) in [7, 11) is 0. The summed E-state index contributed by atoms with van der Waals surface area (Å²) in [6.07, 6.45) is 10.7. The van der Waals surface area contributed by atoms with Crippen LogP contribution in [0.15, 0.2) is 0 Å². The van der Waals surface area contributed by atoms with Crippen molar-refractivity contribution in [2.24, 2.45) is 0 Å². The molecule has 3 heteroatoms. The SMILES string of the molecule is CCCCCCCCCCOC(=O)C(Cl)CC. The number of rotatable bonds is 11. The summed E-state index contributed by atoms with van der Waals surface area (Å²) in [5.74, 6) is -0.267. The molecule has 0 bridgehead atoms. The van der Waals surface area contributed by atoms with Gasteiger partial charge in [0.1, 0.15) is 5.38 Å². The summed E-state index contributed by atoms with van der Waals surface area (Å²) in [6, 6.07) is 0. The Hall–Kier alpha value is -0.240. The number of carbonyl (C=O) groups excluding carboxylic acids is 1. The Morgan fingerprint density at radius 2 is 1.53 bits per heavy atom. The maximum Gasteiger partial charge on any atom is 0.324 e. The molecular formula is C14H27ClO2. The van der Waals surface area contributed by atoms with Gasteiger partial charge in [-0.15, -0.1) is 11.6 Å². The van der Waals surface area contributed by atoms with E-state index in [4.69, 9.17) is 16.3 Å². The van der Waals surface area contributed by atoms with E-state index < -0.39 is 5.38 Å². The van der Waals surface area contributed by atoms with Crippen molar-refractivity contribution in [3.63, 3.8) is 0 Å². The minimum atomic E-state index is -0.468. The Morgan fingerprint density at radius 3 is 2.06 bits per heavy atom. The van der Waals surface area contributed by atoms with E-state index in [1.54, 1.807) is 0 Å². The highest BCUT2D eigenvalue weighted by atomic mass is 35.5. The molecule has 0 aliphatic heterocycles. The molecule has 0 fully saturated rings. The number of halogens is 1. The maximum absolute atomic E-state index is 11.2. The fourth-order valence-electron chi connectivity index (χ4n) is 1.67. The predicted octanol–water partition coefficient (Wildman–Crippen LogP) is 4.69. The molecule has 0 saturated carbocycles. The van der Waals surface area contributed by atoms with Gasteiger partial charge in [0.2, 0.25) is 0 Å². The summed E-state index contributed by atoms with van der Waals surface area (Å²) in [4.78, 5) is 11.2. The second-order valence-corrected chi connectivity index (χ2v) is 5.04. The van der Waals surface area contributed by atoms with Gasteiger partial charge in [-0.1, -0.05) is 58.8 Å². The number of hydrogen-bond acceptors (Lipinski definition) is 2. The number of alkyl halides is 1. The third-order valence-corrected chi connectivity index (χ3v) is 3.34. The van der Waals surface area contributed by atoms with Crippen LogP contribution in [-0.2, 0) is 9.53 Å². The molecule has 1 unspecified atom stereocenters. The minimum Gasteiger partial charge on any atom is -0.465 e. The number of ether oxygens (including phenoxy) is 1. The van der Waals surface area contributed by atoms with Gasteiger partial charge in [0, 0.05) is 0 Å². The molecule has 0 aromatic rings. The number of hydrogen-bond donors (Lipinski definition) is 0. The molecule has 0 rings (SSSR count). The number of carbonyl (C=O) groups is 1. The van der Waals surface area contributed by atoms with Crippen LogP contribution in [0.4, 0.5) is 0 Å². The molecule has 0 amide bonds. The van der Waals surface area contributed by atoms with Gasteiger partial charge in [-0.05, 0) is 12.8 Å². The van der Waals surface area contributed by atoms with E-state index in [2.05, 4.69) is 6.92 Å². The van der Waals surface area contributed by atoms with Gasteiger partial charge in [-0.3, -0.25) is 4.79 Å². The largest absolute Gasteiger partial charge is 0.465 e. The Morgan fingerprint density at radius 1 is 1.00 bits per heavy atom. The van der Waals surface area contributed by atoms with Crippen molar-refractivity contribution >= 4 is 17.6 Å². The smallest absolute Gasteiger partial charge is 0.324 e. The Balaban J connectivity index is 3.16. The van der Waals surface area contributed by atoms with Gasteiger partial charge in [-0.25, -0.2) is 0 Å². The monoisotopic (exact) mass is 262 g/mol. The third kappa shape index (κ3) is 10.6. The van der Waals surface area contributed by atoms with Crippen molar-refractivity contribution in [2.75, 3.05) is 6.61 Å². The van der Waals surface area contributed by atoms with E-state index in [9.17, 15) is 4.79 Å². The Kier molecular flexibility index (Phi) is 12.1. The summed E-state index contributed by atoms with van der Waals surface area (Å²) >= 11 is 5.75. The van der Waals surface area contributed by atoms with E-state index in [0.29, 0.717) is 13.0 Å². The summed E-state index contributed by atoms with van der Waals surface area (Å²) < 4.78 is 5.07. The molecule has 0 saturated heterocycles. The average Bonchev–Trinajstić information content (AvgIpc) is 2.35. The molecule has 0 spiro atoms. The number of esters is 1. The quantitative estimate of drug-likeness (QED) is 0.307. The van der Waals surface area contributed by atoms with Gasteiger partial charge in [0.15, 0.2) is 0 Å². The molecule has 0 aliphatic rings. The van der Waals surface area contributed by atoms with Crippen LogP contribution >= 0.6 is 11.6 Å². The van der Waals surface area contributed by atoms with Crippen LogP contribution in [0.5, 0.6) is 0 Å². The highest BCUT2D eigenvalue weighted by molar-refractivity contribution is 6.29. The van der Waals surface area contributed by atoms with E-state index in [-0.39, 0.29) is 5.97 Å². The first-order chi connectivity index (χ1) is 8.22. The third-order valence-electron chi connectivity index (χ3n) is 2.86. The molecule has 1 atom stereocenters. The normalized spacial score (nSPS) is 12.4. The van der Waals surface area contributed by atoms with Crippen molar-refractivity contribution in [3.8, 4) is 0 Å². The first kappa shape index (κ1) is 16.8. The van der Waals surface area contributed by atoms with Crippen molar-refractivity contribution in [1.29, 1.82) is 0 Å². The van der Waals surface area contributed by atoms with Crippen LogP contribution in [-0.4, -0.2) is 18.0 Å². The first-order valence-electron chi connectivity index (χ1n) is 7.03. The maximum atomic E-state index is 11.2. The zero-order valence-electron chi connectivity index (χ0n) is 11.3. The molecular weight excluding hydrogens is 236 g/mol. The second-order valence-electron chi connectivity index (χ2n) is 4.52. The van der Waals surface area contributed by atoms with Gasteiger partial charge >= 0.3 is 5.97 Å². The van der Waals surface area contributed by atoms with Crippen LogP contribution in [0.3, 0.4) is 0 Å². The Bertz CT molecular complexity index is 183. The highest BCUT2D eigenvalue weighted by Crippen LogP contribution is 2.09. The lowest BCUT2D eigenvalue weighted by molar-refractivity contribution is -0.143. The van der Waals surface area contributed by atoms with Gasteiger partial charge in [0.25, 0.3) is 0 Å². The van der Waals surface area contributed by atoms with Crippen molar-refractivity contribution in [2.45, 2.75) is 77.0 Å². The molecule has 0 N–H and O–H groups in total. The van der Waals surface area contributed by atoms with E-state index in [0.717, 1.165) is 12.8 Å². The number of unbranched alkanes of at least 4 members (excludes halogenated alkanes) is 7. The zero-order valence-corrected chi connectivity index (χ0v) is 12.1. The fraction of sp³-hybridized carbons (Fsp3) is 0.929. The van der Waals surface area contributed by atoms with Gasteiger partial charge in [0.05, 0.1) is 6.61 Å². The fourth-order valence-corrected chi connectivity index (χ4v) is 1.73. The van der Waals surface area contributed by atoms with Gasteiger partial charge in [-0.2, -0.15) is 0 Å². The lowest BCUT2D eigenvalue weighted by atomic mass is 10.1. The molecule has 0 heterocycles. The molecule has 0 radical (unpaired) electrons. The molecule has 2 nitrogen and oxygen atoms in total. The molecule has 0 aromatic carbocycles. The van der Waals surface area contributed by atoms with Crippen LogP contribution in [0, 0.1) is 0 Å². The van der Waals surface area contributed by atoms with Crippen molar-refractivity contribution in [1.82, 2.24) is 0 Å². The summed E-state index contributed by atoms with van der Waals surface area (Å²) in [5, 5.41) is -0.468. The Labute approximate surface area is 111 Å². The van der Waals surface area contributed by atoms with E-state index in [1.165, 1.54) is 38.5 Å². The highest BCUT2D eigenvalue weighted by Gasteiger charge is 2.13. The zero-order chi connectivity index (χ0) is 12.9. The second kappa shape index (κ2) is 12.2. The molecule has 102 valence electrons. The topological polar surface area (TPSA) is 26.3 Å². The van der Waals surface area contributed by atoms with Crippen LogP contribution < -0.4 is 0 Å². The molecule has 17 heavy (non-hydrogen) atoms. The lowest BCUT2D eigenvalue weighted by Gasteiger charge is -2.07. The standard InChI is InChI=1S/C14H27ClO2/c1-3-5-6-7-8-9-10-11-12-17-14(16)13(15)4-2/h13H,3-12H2,1-2H3. The van der Waals surface area contributed by atoms with Gasteiger partial charge < -0.3 is 4.74 Å². The molecule has 0 aromatic heterocycles. The average molecular weight is 263 g/mol. The van der Waals surface area contributed by atoms with Crippen LogP contribution in [0.1, 0.15) is 71.6 Å².